The fraction of sp³-hybridized carbons (Fsp3) is 0.235. The molecule has 0 spiro atoms. The molecule has 1 aliphatic rings. The molecule has 0 fully saturated rings. The number of nitrogens with zero attached hydrogens (tertiary/aromatic N) is 4. The zero-order valence-corrected chi connectivity index (χ0v) is 26.7. The molecule has 3 N–H and O–H groups in total. The Labute approximate surface area is 278 Å². The molecular formula is C34H31BrF2N6O4. The molecule has 0 unspecified atom stereocenters. The predicted molar refractivity (Wildman–Crippen MR) is 175 cm³/mol. The number of azide groups is 1. The summed E-state index contributed by atoms with van der Waals surface area (Å²) in [6.45, 7) is 0.0317. The number of hydrogen-bond donors (Lipinski definition) is 3. The second-order valence-corrected chi connectivity index (χ2v) is 11.6. The largest absolute Gasteiger partial charge is 0.494 e. The third-order valence-electron chi connectivity index (χ3n) is 7.59. The number of halogens is 3. The summed E-state index contributed by atoms with van der Waals surface area (Å²) in [5.41, 5.74) is 15.0. The van der Waals surface area contributed by atoms with Crippen molar-refractivity contribution in [3.8, 4) is 5.75 Å². The van der Waals surface area contributed by atoms with E-state index in [1.54, 1.807) is 48.5 Å². The van der Waals surface area contributed by atoms with Gasteiger partial charge in [-0.2, -0.15) is 0 Å². The summed E-state index contributed by atoms with van der Waals surface area (Å²) in [7, 11) is 0. The number of rotatable bonds is 14. The smallest absolute Gasteiger partial charge is 0.266 e. The molecule has 1 heterocycles. The summed E-state index contributed by atoms with van der Waals surface area (Å²) >= 11 is 3.45. The Bertz CT molecular complexity index is 1760. The van der Waals surface area contributed by atoms with E-state index in [0.29, 0.717) is 35.5 Å². The first-order valence-corrected chi connectivity index (χ1v) is 15.5. The summed E-state index contributed by atoms with van der Waals surface area (Å²) in [5, 5.41) is 12.8. The van der Waals surface area contributed by atoms with Gasteiger partial charge in [0.1, 0.15) is 17.4 Å². The highest BCUT2D eigenvalue weighted by atomic mass is 79.9. The normalized spacial score (nSPS) is 16.9. The summed E-state index contributed by atoms with van der Waals surface area (Å²) in [4.78, 5) is 22.3. The van der Waals surface area contributed by atoms with Gasteiger partial charge in [0.05, 0.1) is 13.2 Å². The third-order valence-corrected chi connectivity index (χ3v) is 8.12. The number of hydrogen-bond acceptors (Lipinski definition) is 7. The molecule has 47 heavy (non-hydrogen) atoms. The Kier molecular flexibility index (Phi) is 11.2. The third kappa shape index (κ3) is 7.95. The van der Waals surface area contributed by atoms with Crippen LogP contribution in [-0.2, 0) is 29.0 Å². The van der Waals surface area contributed by atoms with Crippen molar-refractivity contribution in [3.05, 3.63) is 145 Å². The standard InChI is InChI=1S/C34H31BrF2N6O4/c35-25-13-9-22(10-14-25)19-34(33(45)42-39-21-28-29(36)7-3-8-30(28)37)31(27-6-2-1-5-24(27)20-40-43-38)47-32(41-34)23-11-15-26(16-12-23)46-18-4-17-44/h1-3,5-16,31,39,44H,4,17-21H2,(H,42,45)/t31-,34-/m0/s1. The molecule has 2 atom stereocenters. The molecule has 1 aliphatic heterocycles. The lowest BCUT2D eigenvalue weighted by molar-refractivity contribution is -0.130. The van der Waals surface area contributed by atoms with Gasteiger partial charge in [0.15, 0.2) is 11.6 Å². The molecule has 0 aromatic heterocycles. The van der Waals surface area contributed by atoms with E-state index in [2.05, 4.69) is 36.8 Å². The number of amides is 1. The van der Waals surface area contributed by atoms with Crippen LogP contribution in [0.4, 0.5) is 8.78 Å². The van der Waals surface area contributed by atoms with E-state index < -0.39 is 29.2 Å². The van der Waals surface area contributed by atoms with Crippen molar-refractivity contribution in [2.45, 2.75) is 37.6 Å². The number of carbonyl (C=O) groups excluding carboxylic acids is 1. The fourth-order valence-electron chi connectivity index (χ4n) is 5.24. The van der Waals surface area contributed by atoms with Crippen LogP contribution in [0, 0.1) is 11.6 Å². The van der Waals surface area contributed by atoms with Gasteiger partial charge in [-0.1, -0.05) is 63.5 Å². The fourth-order valence-corrected chi connectivity index (χ4v) is 5.50. The number of aliphatic imine (C=N–C) groups is 1. The summed E-state index contributed by atoms with van der Waals surface area (Å²) in [6, 6.07) is 25.1. The molecule has 0 saturated heterocycles. The highest BCUT2D eigenvalue weighted by Crippen LogP contribution is 2.44. The van der Waals surface area contributed by atoms with Gasteiger partial charge in [-0.3, -0.25) is 10.2 Å². The maximum Gasteiger partial charge on any atom is 0.266 e. The summed E-state index contributed by atoms with van der Waals surface area (Å²) in [5.74, 6) is -1.35. The number of benzene rings is 4. The Balaban J connectivity index is 1.57. The SMILES string of the molecule is [N-]=[N+]=NCc1ccccc1[C@@H]1OC(c2ccc(OCCCO)cc2)=N[C@]1(Cc1ccc(Br)cc1)C(=O)NNCc1c(F)cccc1F. The first-order chi connectivity index (χ1) is 22.8. The molecule has 242 valence electrons. The summed E-state index contributed by atoms with van der Waals surface area (Å²) < 4.78 is 41.8. The Morgan fingerprint density at radius 1 is 1.04 bits per heavy atom. The highest BCUT2D eigenvalue weighted by Gasteiger charge is 2.54. The number of carbonyl (C=O) groups is 1. The number of ether oxygens (including phenoxy) is 2. The second kappa shape index (κ2) is 15.7. The van der Waals surface area contributed by atoms with Gasteiger partial charge in [0, 0.05) is 46.5 Å². The van der Waals surface area contributed by atoms with Crippen molar-refractivity contribution in [3.63, 3.8) is 0 Å². The van der Waals surface area contributed by atoms with Crippen molar-refractivity contribution in [1.82, 2.24) is 10.9 Å². The van der Waals surface area contributed by atoms with E-state index in [1.807, 2.05) is 24.3 Å². The minimum absolute atomic E-state index is 0.00252. The lowest BCUT2D eigenvalue weighted by Crippen LogP contribution is -2.54. The average Bonchev–Trinajstić information content (AvgIpc) is 3.46. The van der Waals surface area contributed by atoms with Crippen molar-refractivity contribution >= 4 is 27.7 Å². The van der Waals surface area contributed by atoms with Crippen LogP contribution in [0.25, 0.3) is 10.4 Å². The van der Waals surface area contributed by atoms with Crippen LogP contribution in [0.3, 0.4) is 0 Å². The zero-order chi connectivity index (χ0) is 33.2. The molecule has 13 heteroatoms. The van der Waals surface area contributed by atoms with E-state index in [1.165, 1.54) is 6.07 Å². The monoisotopic (exact) mass is 704 g/mol. The number of nitrogens with one attached hydrogen (secondary N) is 2. The zero-order valence-electron chi connectivity index (χ0n) is 25.1. The lowest BCUT2D eigenvalue weighted by atomic mass is 9.81. The molecule has 0 bridgehead atoms. The van der Waals surface area contributed by atoms with E-state index in [9.17, 15) is 13.6 Å². The molecule has 4 aromatic rings. The molecule has 0 radical (unpaired) electrons. The quantitative estimate of drug-likeness (QED) is 0.0445. The molecule has 10 nitrogen and oxygen atoms in total. The van der Waals surface area contributed by atoms with E-state index in [-0.39, 0.29) is 37.6 Å². The Morgan fingerprint density at radius 2 is 1.77 bits per heavy atom. The molecule has 0 aliphatic carbocycles. The van der Waals surface area contributed by atoms with Crippen molar-refractivity contribution in [1.29, 1.82) is 0 Å². The van der Waals surface area contributed by atoms with Crippen LogP contribution >= 0.6 is 15.9 Å². The van der Waals surface area contributed by atoms with E-state index >= 15 is 0 Å². The highest BCUT2D eigenvalue weighted by molar-refractivity contribution is 9.10. The Hall–Kier alpha value is -4.81. The minimum Gasteiger partial charge on any atom is -0.494 e. The maximum absolute atomic E-state index is 14.4. The first-order valence-electron chi connectivity index (χ1n) is 14.7. The van der Waals surface area contributed by atoms with Crippen molar-refractivity contribution in [2.75, 3.05) is 13.2 Å². The number of hydrazine groups is 1. The molecule has 4 aromatic carbocycles. The maximum atomic E-state index is 14.4. The van der Waals surface area contributed by atoms with Crippen LogP contribution in [0.15, 0.2) is 106 Å². The molecular weight excluding hydrogens is 674 g/mol. The van der Waals surface area contributed by atoms with Gasteiger partial charge >= 0.3 is 0 Å². The van der Waals surface area contributed by atoms with Crippen molar-refractivity contribution < 1.29 is 28.2 Å². The van der Waals surface area contributed by atoms with Gasteiger partial charge in [-0.25, -0.2) is 19.2 Å². The molecule has 5 rings (SSSR count). The first kappa shape index (κ1) is 33.6. The predicted octanol–water partition coefficient (Wildman–Crippen LogP) is 6.62. The van der Waals surface area contributed by atoms with Gasteiger partial charge in [0.2, 0.25) is 5.90 Å². The molecule has 1 amide bonds. The van der Waals surface area contributed by atoms with Crippen LogP contribution in [0.1, 0.15) is 40.3 Å². The van der Waals surface area contributed by atoms with Crippen LogP contribution < -0.4 is 15.6 Å². The topological polar surface area (TPSA) is 141 Å². The van der Waals surface area contributed by atoms with Gasteiger partial charge < -0.3 is 14.6 Å². The van der Waals surface area contributed by atoms with Crippen LogP contribution in [0.2, 0.25) is 0 Å². The van der Waals surface area contributed by atoms with Crippen LogP contribution in [0.5, 0.6) is 5.75 Å². The van der Waals surface area contributed by atoms with Gasteiger partial charge in [0.25, 0.3) is 5.91 Å². The Morgan fingerprint density at radius 3 is 2.47 bits per heavy atom. The summed E-state index contributed by atoms with van der Waals surface area (Å²) in [6.07, 6.45) is -0.438. The van der Waals surface area contributed by atoms with E-state index in [4.69, 9.17) is 25.1 Å². The van der Waals surface area contributed by atoms with E-state index in [0.717, 1.165) is 22.2 Å². The van der Waals surface area contributed by atoms with Crippen molar-refractivity contribution in [2.24, 2.45) is 10.1 Å². The lowest BCUT2D eigenvalue weighted by Gasteiger charge is -2.32. The second-order valence-electron chi connectivity index (χ2n) is 10.7. The number of aliphatic hydroxyl groups excluding tert-OH is 1. The van der Waals surface area contributed by atoms with Gasteiger partial charge in [-0.05, 0) is 70.8 Å². The minimum atomic E-state index is -1.63. The van der Waals surface area contributed by atoms with Crippen LogP contribution in [-0.4, -0.2) is 35.7 Å². The molecule has 0 saturated carbocycles. The van der Waals surface area contributed by atoms with Gasteiger partial charge in [-0.15, -0.1) is 0 Å². The average molecular weight is 706 g/mol. The number of aliphatic hydroxyl groups is 1.